The Hall–Kier alpha value is -9.45. The van der Waals surface area contributed by atoms with Gasteiger partial charge in [-0.05, 0) is 86.4 Å². The summed E-state index contributed by atoms with van der Waals surface area (Å²) >= 11 is 0. The average molecular weight is 926 g/mol. The molecule has 4 aliphatic heterocycles. The van der Waals surface area contributed by atoms with Gasteiger partial charge in [0, 0.05) is 82.9 Å². The minimum absolute atomic E-state index is 0.111. The van der Waals surface area contributed by atoms with Crippen molar-refractivity contribution in [1.29, 1.82) is 0 Å². The van der Waals surface area contributed by atoms with Gasteiger partial charge in [0.05, 0.1) is 11.4 Å². The molecule has 14 aromatic rings. The maximum absolute atomic E-state index is 7.11. The molecule has 5 nitrogen and oxygen atoms in total. The lowest BCUT2D eigenvalue weighted by Gasteiger charge is -2.47. The van der Waals surface area contributed by atoms with Gasteiger partial charge in [-0.2, -0.15) is 0 Å². The molecule has 4 aliphatic rings. The fourth-order valence-corrected chi connectivity index (χ4v) is 14.0. The van der Waals surface area contributed by atoms with E-state index in [0.29, 0.717) is 0 Å². The first-order valence-electron chi connectivity index (χ1n) is 25.3. The van der Waals surface area contributed by atoms with E-state index in [-0.39, 0.29) is 13.4 Å². The van der Waals surface area contributed by atoms with Crippen LogP contribution in [-0.4, -0.2) is 18.0 Å². The van der Waals surface area contributed by atoms with E-state index in [0.717, 1.165) is 100 Å². The summed E-state index contributed by atoms with van der Waals surface area (Å²) in [5, 5.41) is 7.06. The van der Waals surface area contributed by atoms with Gasteiger partial charge in [-0.3, -0.25) is 0 Å². The normalized spacial score (nSPS) is 13.6. The Labute approximate surface area is 419 Å². The van der Waals surface area contributed by atoms with E-state index in [1.165, 1.54) is 60.3 Å². The fraction of sp³-hybridized carbons (Fsp3) is 0. The third kappa shape index (κ3) is 4.71. The summed E-state index contributed by atoms with van der Waals surface area (Å²) in [7, 11) is 0. The molecule has 73 heavy (non-hydrogen) atoms. The predicted octanol–water partition coefficient (Wildman–Crippen LogP) is 13.1. The first-order valence-corrected chi connectivity index (χ1v) is 25.3. The molecule has 0 aliphatic carbocycles. The van der Waals surface area contributed by atoms with E-state index in [1.54, 1.807) is 0 Å². The SMILES string of the molecule is c1ccc(-c2c3c(cc4c2oc2ccccc24)B2c4c(cc5c6c4-n4c7c2cccc7c2cccc(c24)B6c2cc4c(oc6ccccc64)c(-c4ccccc4)c2N5c2ccccc2)N3c2ccccc2)cc1. The standard InChI is InChI=1S/C66H37B2N3O2/c1-5-19-38(20-6-1)56-62-50(35-46-42-27-13-15-33-54(42)72-65(46)56)67-48-31-17-29-44-45-30-18-32-49-61(45)71(60(44)48)64-58(67)52(69(62)40-23-9-3-10-24-40)37-53-59(64)68(49)51-36-47-43-28-14-16-34-55(43)73-66(47)57(39-21-7-2-8-22-39)63(51)70(53)41-25-11-4-12-26-41/h1-37H. The van der Waals surface area contributed by atoms with E-state index >= 15 is 0 Å². The highest BCUT2D eigenvalue weighted by molar-refractivity contribution is 7.04. The number of fused-ring (bicyclic) bond motifs is 13. The zero-order chi connectivity index (χ0) is 47.2. The molecular weight excluding hydrogens is 888 g/mol. The van der Waals surface area contributed by atoms with Gasteiger partial charge < -0.3 is 23.2 Å². The molecule has 334 valence electrons. The molecule has 0 amide bonds. The zero-order valence-corrected chi connectivity index (χ0v) is 39.2. The molecule has 0 saturated carbocycles. The number of para-hydroxylation sites is 6. The Kier molecular flexibility index (Phi) is 7.19. The molecule has 0 bridgehead atoms. The Morgan fingerprint density at radius 2 is 0.712 bits per heavy atom. The van der Waals surface area contributed by atoms with Gasteiger partial charge in [0.25, 0.3) is 13.4 Å². The second-order valence-electron chi connectivity index (χ2n) is 20.2. The Bertz CT molecular complexity index is 4460. The summed E-state index contributed by atoms with van der Waals surface area (Å²) in [4.78, 5) is 5.15. The third-order valence-corrected chi connectivity index (χ3v) is 16.7. The molecule has 0 fully saturated rings. The number of rotatable bonds is 4. The molecule has 11 aromatic carbocycles. The molecule has 0 N–H and O–H groups in total. The van der Waals surface area contributed by atoms with Crippen LogP contribution in [0.2, 0.25) is 0 Å². The molecule has 7 heteroatoms. The van der Waals surface area contributed by atoms with Gasteiger partial charge in [0.1, 0.15) is 22.3 Å². The molecule has 0 spiro atoms. The molecule has 18 rings (SSSR count). The first-order chi connectivity index (χ1) is 36.3. The van der Waals surface area contributed by atoms with E-state index < -0.39 is 0 Å². The number of nitrogens with zero attached hydrogens (tertiary/aromatic N) is 3. The van der Waals surface area contributed by atoms with Gasteiger partial charge >= 0.3 is 0 Å². The maximum atomic E-state index is 7.11. The van der Waals surface area contributed by atoms with Crippen LogP contribution in [0.3, 0.4) is 0 Å². The summed E-state index contributed by atoms with van der Waals surface area (Å²) in [5.41, 5.74) is 26.4. The highest BCUT2D eigenvalue weighted by atomic mass is 16.3. The number of furan rings is 2. The number of hydrogen-bond acceptors (Lipinski definition) is 4. The Balaban J connectivity index is 1.09. The molecule has 0 atom stereocenters. The molecule has 0 saturated heterocycles. The Morgan fingerprint density at radius 1 is 0.315 bits per heavy atom. The summed E-state index contributed by atoms with van der Waals surface area (Å²) < 4.78 is 16.9. The van der Waals surface area contributed by atoms with E-state index in [2.05, 4.69) is 239 Å². The second kappa shape index (κ2) is 13.7. The van der Waals surface area contributed by atoms with Crippen LogP contribution in [-0.2, 0) is 0 Å². The minimum Gasteiger partial charge on any atom is -0.455 e. The van der Waals surface area contributed by atoms with Crippen molar-refractivity contribution in [3.05, 3.63) is 224 Å². The van der Waals surface area contributed by atoms with Crippen LogP contribution in [0.25, 0.3) is 93.6 Å². The van der Waals surface area contributed by atoms with Gasteiger partial charge in [-0.15, -0.1) is 0 Å². The topological polar surface area (TPSA) is 37.7 Å². The smallest absolute Gasteiger partial charge is 0.252 e. The Morgan fingerprint density at radius 3 is 1.16 bits per heavy atom. The average Bonchev–Trinajstić information content (AvgIpc) is 4.24. The van der Waals surface area contributed by atoms with Gasteiger partial charge in [-0.1, -0.05) is 182 Å². The first kappa shape index (κ1) is 38.3. The number of aromatic nitrogens is 1. The van der Waals surface area contributed by atoms with Crippen LogP contribution in [0.1, 0.15) is 0 Å². The maximum Gasteiger partial charge on any atom is 0.252 e. The van der Waals surface area contributed by atoms with Crippen LogP contribution in [0.4, 0.5) is 34.1 Å². The highest BCUT2D eigenvalue weighted by Crippen LogP contribution is 2.53. The summed E-state index contributed by atoms with van der Waals surface area (Å²) in [6.07, 6.45) is 0. The van der Waals surface area contributed by atoms with Crippen molar-refractivity contribution in [2.45, 2.75) is 0 Å². The number of benzene rings is 11. The van der Waals surface area contributed by atoms with Crippen LogP contribution in [0, 0.1) is 0 Å². The van der Waals surface area contributed by atoms with Crippen LogP contribution >= 0.6 is 0 Å². The zero-order valence-electron chi connectivity index (χ0n) is 39.2. The van der Waals surface area contributed by atoms with Crippen molar-refractivity contribution < 1.29 is 8.83 Å². The van der Waals surface area contributed by atoms with Crippen molar-refractivity contribution in [1.82, 2.24) is 4.57 Å². The van der Waals surface area contributed by atoms with Crippen molar-refractivity contribution in [3.63, 3.8) is 0 Å². The number of hydrogen-bond donors (Lipinski definition) is 0. The van der Waals surface area contributed by atoms with Crippen LogP contribution in [0.5, 0.6) is 0 Å². The summed E-state index contributed by atoms with van der Waals surface area (Å²) in [6.45, 7) is -0.222. The van der Waals surface area contributed by atoms with Gasteiger partial charge in [0.15, 0.2) is 0 Å². The van der Waals surface area contributed by atoms with Crippen LogP contribution < -0.4 is 42.6 Å². The van der Waals surface area contributed by atoms with Crippen molar-refractivity contribution in [3.8, 4) is 27.9 Å². The van der Waals surface area contributed by atoms with E-state index in [1.807, 2.05) is 0 Å². The van der Waals surface area contributed by atoms with E-state index in [4.69, 9.17) is 8.83 Å². The van der Waals surface area contributed by atoms with Gasteiger partial charge in [0.2, 0.25) is 0 Å². The van der Waals surface area contributed by atoms with Crippen molar-refractivity contribution >= 4 is 146 Å². The number of anilines is 6. The molecule has 0 unspecified atom stereocenters. The fourth-order valence-electron chi connectivity index (χ4n) is 14.0. The lowest BCUT2D eigenvalue weighted by atomic mass is 9.29. The molecule has 7 heterocycles. The van der Waals surface area contributed by atoms with Crippen LogP contribution in [0.15, 0.2) is 233 Å². The molecule has 3 aromatic heterocycles. The third-order valence-electron chi connectivity index (χ3n) is 16.7. The summed E-state index contributed by atoms with van der Waals surface area (Å²) in [5.74, 6) is 0. The minimum atomic E-state index is -0.111. The second-order valence-corrected chi connectivity index (χ2v) is 20.2. The molecular formula is C66H37B2N3O2. The van der Waals surface area contributed by atoms with Crippen molar-refractivity contribution in [2.24, 2.45) is 0 Å². The lowest BCUT2D eigenvalue weighted by Crippen LogP contribution is -2.67. The highest BCUT2D eigenvalue weighted by Gasteiger charge is 2.51. The monoisotopic (exact) mass is 925 g/mol. The largest absolute Gasteiger partial charge is 0.455 e. The van der Waals surface area contributed by atoms with E-state index in [9.17, 15) is 0 Å². The van der Waals surface area contributed by atoms with Gasteiger partial charge in [-0.25, -0.2) is 0 Å². The molecule has 0 radical (unpaired) electrons. The van der Waals surface area contributed by atoms with Crippen molar-refractivity contribution in [2.75, 3.05) is 9.80 Å². The lowest BCUT2D eigenvalue weighted by molar-refractivity contribution is 0.669. The summed E-state index contributed by atoms with van der Waals surface area (Å²) in [6, 6.07) is 82.7. The predicted molar refractivity (Wildman–Crippen MR) is 305 cm³/mol. The quantitative estimate of drug-likeness (QED) is 0.165.